The highest BCUT2D eigenvalue weighted by atomic mass is 32.2. The summed E-state index contributed by atoms with van der Waals surface area (Å²) in [5, 5.41) is 0.644. The van der Waals surface area contributed by atoms with E-state index in [1.54, 1.807) is 12.1 Å². The molecule has 1 heterocycles. The van der Waals surface area contributed by atoms with Crippen molar-refractivity contribution < 1.29 is 22.6 Å². The highest BCUT2D eigenvalue weighted by molar-refractivity contribution is 7.99. The topological polar surface area (TPSA) is 53.4 Å². The van der Waals surface area contributed by atoms with Crippen LogP contribution in [0.1, 0.15) is 38.5 Å². The average molecular weight is 443 g/mol. The van der Waals surface area contributed by atoms with Crippen molar-refractivity contribution in [3.8, 4) is 11.5 Å². The summed E-state index contributed by atoms with van der Waals surface area (Å²) in [4.78, 5) is 17.7. The summed E-state index contributed by atoms with van der Waals surface area (Å²) in [5.41, 5.74) is 1.37. The molecule has 0 aliphatic heterocycles. The largest absolute Gasteiger partial charge is 0.493 e. The first-order chi connectivity index (χ1) is 14.3. The van der Waals surface area contributed by atoms with E-state index in [9.17, 15) is 18.0 Å². The Bertz CT molecular complexity index is 986. The van der Waals surface area contributed by atoms with Gasteiger partial charge in [0.2, 0.25) is 0 Å². The zero-order valence-corrected chi connectivity index (χ0v) is 17.9. The number of benzene rings is 1. The van der Waals surface area contributed by atoms with Crippen LogP contribution in [0.5, 0.6) is 11.5 Å². The fourth-order valence-corrected chi connectivity index (χ4v) is 4.49. The molecule has 1 aromatic carbocycles. The first-order valence-corrected chi connectivity index (χ1v) is 10.8. The maximum Gasteiger partial charge on any atom is 0.389 e. The highest BCUT2D eigenvalue weighted by Gasteiger charge is 2.27. The number of thioether (sulfide) groups is 1. The quantitative estimate of drug-likeness (QED) is 0.313. The lowest BCUT2D eigenvalue weighted by Crippen LogP contribution is -2.24. The van der Waals surface area contributed by atoms with Crippen LogP contribution >= 0.6 is 11.8 Å². The lowest BCUT2D eigenvalue weighted by Gasteiger charge is -2.17. The molecule has 1 aliphatic rings. The second-order valence-electron chi connectivity index (χ2n) is 7.15. The van der Waals surface area contributed by atoms with Crippen LogP contribution in [0.15, 0.2) is 33.7 Å². The smallest absolute Gasteiger partial charge is 0.389 e. The van der Waals surface area contributed by atoms with Gasteiger partial charge in [-0.1, -0.05) is 23.4 Å². The van der Waals surface area contributed by atoms with Gasteiger partial charge in [0.25, 0.3) is 5.56 Å². The minimum Gasteiger partial charge on any atom is -0.493 e. The van der Waals surface area contributed by atoms with Crippen LogP contribution in [0.25, 0.3) is 10.9 Å². The van der Waals surface area contributed by atoms with Crippen LogP contribution in [0.2, 0.25) is 0 Å². The van der Waals surface area contributed by atoms with Gasteiger partial charge in [-0.15, -0.1) is 0 Å². The van der Waals surface area contributed by atoms with Gasteiger partial charge in [0.05, 0.1) is 31.5 Å². The lowest BCUT2D eigenvalue weighted by molar-refractivity contribution is -0.129. The van der Waals surface area contributed by atoms with Crippen molar-refractivity contribution in [3.05, 3.63) is 34.1 Å². The maximum atomic E-state index is 13.2. The molecular weight excluding hydrogens is 417 g/mol. The van der Waals surface area contributed by atoms with E-state index in [-0.39, 0.29) is 11.3 Å². The van der Waals surface area contributed by atoms with Gasteiger partial charge in [-0.3, -0.25) is 9.36 Å². The first kappa shape index (κ1) is 22.5. The standard InChI is InChI=1S/C21H25F3N2O3S/c1-28-17-12-15-16(13-18(17)29-2)25-20(30-11-9-21(22,23)24)26(19(15)27)10-8-14-6-4-3-5-7-14/h6,12-13H,3-5,7-11H2,1-2H3. The Balaban J connectivity index is 1.99. The van der Waals surface area contributed by atoms with Gasteiger partial charge in [0, 0.05) is 18.4 Å². The third-order valence-electron chi connectivity index (χ3n) is 5.08. The van der Waals surface area contributed by atoms with Crippen LogP contribution in [0, 0.1) is 0 Å². The molecule has 0 bridgehead atoms. The SMILES string of the molecule is COc1cc2nc(SCCC(F)(F)F)n(CCC3=CCCCC3)c(=O)c2cc1OC. The predicted octanol–water partition coefficient (Wildman–Crippen LogP) is 5.35. The van der Waals surface area contributed by atoms with Gasteiger partial charge < -0.3 is 9.47 Å². The van der Waals surface area contributed by atoms with Gasteiger partial charge in [0.1, 0.15) is 0 Å². The molecule has 1 aliphatic carbocycles. The van der Waals surface area contributed by atoms with E-state index in [0.717, 1.165) is 31.0 Å². The van der Waals surface area contributed by atoms with Crippen molar-refractivity contribution in [2.75, 3.05) is 20.0 Å². The Hall–Kier alpha value is -2.16. The second-order valence-corrected chi connectivity index (χ2v) is 8.21. The summed E-state index contributed by atoms with van der Waals surface area (Å²) in [6.45, 7) is 0.385. The lowest BCUT2D eigenvalue weighted by atomic mass is 9.97. The third-order valence-corrected chi connectivity index (χ3v) is 6.06. The molecule has 9 heteroatoms. The molecule has 0 N–H and O–H groups in total. The molecule has 1 aromatic heterocycles. The molecule has 3 rings (SSSR count). The Morgan fingerprint density at radius 1 is 1.17 bits per heavy atom. The third kappa shape index (κ3) is 5.50. The van der Waals surface area contributed by atoms with Crippen molar-refractivity contribution in [2.24, 2.45) is 0 Å². The van der Waals surface area contributed by atoms with Gasteiger partial charge in [-0.05, 0) is 38.2 Å². The number of alkyl halides is 3. The van der Waals surface area contributed by atoms with Crippen molar-refractivity contribution >= 4 is 22.7 Å². The van der Waals surface area contributed by atoms with E-state index in [1.165, 1.54) is 30.8 Å². The normalized spacial score (nSPS) is 14.6. The van der Waals surface area contributed by atoms with Gasteiger partial charge in [-0.25, -0.2) is 4.98 Å². The molecule has 5 nitrogen and oxygen atoms in total. The van der Waals surface area contributed by atoms with E-state index in [2.05, 4.69) is 11.1 Å². The molecular formula is C21H25F3N2O3S. The number of fused-ring (bicyclic) bond motifs is 1. The number of aromatic nitrogens is 2. The van der Waals surface area contributed by atoms with E-state index in [0.29, 0.717) is 40.5 Å². The monoisotopic (exact) mass is 442 g/mol. The molecule has 0 radical (unpaired) electrons. The number of nitrogens with zero attached hydrogens (tertiary/aromatic N) is 2. The summed E-state index contributed by atoms with van der Waals surface area (Å²) in [6.07, 6.45) is 2.02. The van der Waals surface area contributed by atoms with Gasteiger partial charge >= 0.3 is 6.18 Å². The highest BCUT2D eigenvalue weighted by Crippen LogP contribution is 2.32. The van der Waals surface area contributed by atoms with E-state index in [4.69, 9.17) is 9.47 Å². The molecule has 0 saturated heterocycles. The summed E-state index contributed by atoms with van der Waals surface area (Å²) in [7, 11) is 2.95. The summed E-state index contributed by atoms with van der Waals surface area (Å²) >= 11 is 0.953. The second kappa shape index (κ2) is 9.76. The van der Waals surface area contributed by atoms with Gasteiger partial charge in [0.15, 0.2) is 16.7 Å². The average Bonchev–Trinajstić information content (AvgIpc) is 2.72. The molecule has 0 saturated carbocycles. The fourth-order valence-electron chi connectivity index (χ4n) is 3.48. The molecule has 0 unspecified atom stereocenters. The van der Waals surface area contributed by atoms with E-state index in [1.807, 2.05) is 0 Å². The van der Waals surface area contributed by atoms with Crippen molar-refractivity contribution in [3.63, 3.8) is 0 Å². The van der Waals surface area contributed by atoms with Crippen LogP contribution in [-0.4, -0.2) is 35.7 Å². The molecule has 164 valence electrons. The molecule has 0 spiro atoms. The van der Waals surface area contributed by atoms with Crippen LogP contribution in [0.4, 0.5) is 13.2 Å². The summed E-state index contributed by atoms with van der Waals surface area (Å²) in [5.74, 6) is 0.619. The number of halogens is 3. The van der Waals surface area contributed by atoms with Crippen LogP contribution in [-0.2, 0) is 6.54 Å². The predicted molar refractivity (Wildman–Crippen MR) is 112 cm³/mol. The molecule has 0 atom stereocenters. The maximum absolute atomic E-state index is 13.2. The number of rotatable bonds is 8. The molecule has 0 amide bonds. The van der Waals surface area contributed by atoms with E-state index < -0.39 is 12.6 Å². The zero-order valence-electron chi connectivity index (χ0n) is 17.1. The Morgan fingerprint density at radius 2 is 1.90 bits per heavy atom. The molecule has 2 aromatic rings. The Kier molecular flexibility index (Phi) is 7.33. The minimum absolute atomic E-state index is 0.197. The Labute approximate surface area is 177 Å². The van der Waals surface area contributed by atoms with Crippen molar-refractivity contribution in [2.45, 2.75) is 56.4 Å². The Morgan fingerprint density at radius 3 is 2.53 bits per heavy atom. The molecule has 0 fully saturated rings. The number of hydrogen-bond donors (Lipinski definition) is 0. The number of ether oxygens (including phenoxy) is 2. The zero-order chi connectivity index (χ0) is 21.7. The van der Waals surface area contributed by atoms with Crippen molar-refractivity contribution in [1.82, 2.24) is 9.55 Å². The summed E-state index contributed by atoms with van der Waals surface area (Å²) in [6, 6.07) is 3.15. The summed E-state index contributed by atoms with van der Waals surface area (Å²) < 4.78 is 49.9. The van der Waals surface area contributed by atoms with E-state index >= 15 is 0 Å². The molecule has 30 heavy (non-hydrogen) atoms. The van der Waals surface area contributed by atoms with Crippen LogP contribution in [0.3, 0.4) is 0 Å². The number of allylic oxidation sites excluding steroid dienone is 2. The van der Waals surface area contributed by atoms with Gasteiger partial charge in [-0.2, -0.15) is 13.2 Å². The van der Waals surface area contributed by atoms with Crippen LogP contribution < -0.4 is 15.0 Å². The van der Waals surface area contributed by atoms with Crippen molar-refractivity contribution in [1.29, 1.82) is 0 Å². The fraction of sp³-hybridized carbons (Fsp3) is 0.524. The number of hydrogen-bond acceptors (Lipinski definition) is 5. The number of methoxy groups -OCH3 is 2. The first-order valence-electron chi connectivity index (χ1n) is 9.86. The minimum atomic E-state index is -4.25.